The standard InChI is InChI=1S/C8H10N4/c1-6-9-5-7(12-6)8(2)10-3-4-11-8/h3-5H,1-2H3,(H,9,12). The van der Waals surface area contributed by atoms with Crippen molar-refractivity contribution in [3.05, 3.63) is 17.7 Å². The van der Waals surface area contributed by atoms with Crippen LogP contribution in [0.3, 0.4) is 0 Å². The van der Waals surface area contributed by atoms with Gasteiger partial charge in [-0.3, -0.25) is 9.98 Å². The van der Waals surface area contributed by atoms with Gasteiger partial charge in [-0.25, -0.2) is 4.98 Å². The van der Waals surface area contributed by atoms with Gasteiger partial charge in [0.1, 0.15) is 5.82 Å². The van der Waals surface area contributed by atoms with E-state index in [4.69, 9.17) is 0 Å². The van der Waals surface area contributed by atoms with Crippen LogP contribution in [0.1, 0.15) is 18.4 Å². The van der Waals surface area contributed by atoms with Crippen molar-refractivity contribution < 1.29 is 0 Å². The normalized spacial score (nSPS) is 18.8. The molecule has 0 saturated carbocycles. The molecule has 4 heteroatoms. The van der Waals surface area contributed by atoms with Gasteiger partial charge in [-0.05, 0) is 13.8 Å². The predicted molar refractivity (Wildman–Crippen MR) is 47.7 cm³/mol. The Labute approximate surface area is 70.5 Å². The SMILES string of the molecule is Cc1ncc(C2(C)N=CC=N2)[nH]1. The Kier molecular flexibility index (Phi) is 1.36. The number of rotatable bonds is 1. The molecule has 0 bridgehead atoms. The lowest BCUT2D eigenvalue weighted by Gasteiger charge is -2.14. The second-order valence-corrected chi connectivity index (χ2v) is 2.96. The molecule has 1 aliphatic heterocycles. The second kappa shape index (κ2) is 2.27. The maximum atomic E-state index is 4.23. The number of H-pyrrole nitrogens is 1. The molecule has 0 radical (unpaired) electrons. The third-order valence-corrected chi connectivity index (χ3v) is 1.93. The van der Waals surface area contributed by atoms with E-state index in [9.17, 15) is 0 Å². The number of hydrogen-bond donors (Lipinski definition) is 1. The fraction of sp³-hybridized carbons (Fsp3) is 0.375. The minimum absolute atomic E-state index is 0.471. The van der Waals surface area contributed by atoms with Crippen molar-refractivity contribution in [1.29, 1.82) is 0 Å². The molecule has 1 aromatic rings. The van der Waals surface area contributed by atoms with Crippen LogP contribution in [-0.4, -0.2) is 22.4 Å². The van der Waals surface area contributed by atoms with Gasteiger partial charge in [0.05, 0.1) is 11.9 Å². The quantitative estimate of drug-likeness (QED) is 0.659. The molecule has 2 rings (SSSR count). The fourth-order valence-corrected chi connectivity index (χ4v) is 1.19. The van der Waals surface area contributed by atoms with Crippen molar-refractivity contribution in [2.75, 3.05) is 0 Å². The zero-order valence-electron chi connectivity index (χ0n) is 7.07. The van der Waals surface area contributed by atoms with E-state index >= 15 is 0 Å². The maximum absolute atomic E-state index is 4.23. The van der Waals surface area contributed by atoms with Gasteiger partial charge in [0.15, 0.2) is 5.66 Å². The summed E-state index contributed by atoms with van der Waals surface area (Å²) in [5.41, 5.74) is 0.464. The van der Waals surface area contributed by atoms with Crippen LogP contribution in [0.2, 0.25) is 0 Å². The van der Waals surface area contributed by atoms with Gasteiger partial charge in [0.25, 0.3) is 0 Å². The van der Waals surface area contributed by atoms with Crippen LogP contribution in [0.15, 0.2) is 16.2 Å². The molecule has 12 heavy (non-hydrogen) atoms. The van der Waals surface area contributed by atoms with E-state index in [0.717, 1.165) is 11.5 Å². The molecule has 1 aromatic heterocycles. The van der Waals surface area contributed by atoms with Gasteiger partial charge < -0.3 is 4.98 Å². The summed E-state index contributed by atoms with van der Waals surface area (Å²) < 4.78 is 0. The minimum Gasteiger partial charge on any atom is -0.343 e. The number of nitrogens with zero attached hydrogens (tertiary/aromatic N) is 3. The Bertz CT molecular complexity index is 336. The lowest BCUT2D eigenvalue weighted by molar-refractivity contribution is 0.527. The van der Waals surface area contributed by atoms with Gasteiger partial charge >= 0.3 is 0 Å². The van der Waals surface area contributed by atoms with Crippen molar-refractivity contribution in [2.24, 2.45) is 9.98 Å². The Morgan fingerprint density at radius 1 is 1.33 bits per heavy atom. The molecule has 0 fully saturated rings. The van der Waals surface area contributed by atoms with Crippen LogP contribution in [0.5, 0.6) is 0 Å². The van der Waals surface area contributed by atoms with Gasteiger partial charge in [0.2, 0.25) is 0 Å². The van der Waals surface area contributed by atoms with Crippen molar-refractivity contribution in [1.82, 2.24) is 9.97 Å². The second-order valence-electron chi connectivity index (χ2n) is 2.96. The summed E-state index contributed by atoms with van der Waals surface area (Å²) in [7, 11) is 0. The third-order valence-electron chi connectivity index (χ3n) is 1.93. The molecular formula is C8H10N4. The Morgan fingerprint density at radius 2 is 2.00 bits per heavy atom. The molecule has 2 heterocycles. The number of aromatic nitrogens is 2. The molecule has 0 aliphatic carbocycles. The first-order valence-corrected chi connectivity index (χ1v) is 3.82. The number of nitrogens with one attached hydrogen (secondary N) is 1. The Hall–Kier alpha value is -1.45. The van der Waals surface area contributed by atoms with Gasteiger partial charge in [0, 0.05) is 12.4 Å². The summed E-state index contributed by atoms with van der Waals surface area (Å²) in [4.78, 5) is 15.7. The van der Waals surface area contributed by atoms with E-state index in [2.05, 4.69) is 20.0 Å². The van der Waals surface area contributed by atoms with Crippen LogP contribution in [0, 0.1) is 6.92 Å². The molecule has 62 valence electrons. The zero-order chi connectivity index (χ0) is 8.60. The highest BCUT2D eigenvalue weighted by molar-refractivity contribution is 6.17. The minimum atomic E-state index is -0.471. The van der Waals surface area contributed by atoms with E-state index in [1.807, 2.05) is 13.8 Å². The third kappa shape index (κ3) is 0.958. The van der Waals surface area contributed by atoms with Crippen LogP contribution in [0.25, 0.3) is 0 Å². The molecular weight excluding hydrogens is 152 g/mol. The summed E-state index contributed by atoms with van der Waals surface area (Å²) in [6.07, 6.45) is 5.18. The van der Waals surface area contributed by atoms with E-state index in [0.29, 0.717) is 0 Å². The smallest absolute Gasteiger partial charge is 0.188 e. The number of aliphatic imine (C=N–C) groups is 2. The van der Waals surface area contributed by atoms with E-state index in [1.54, 1.807) is 18.6 Å². The van der Waals surface area contributed by atoms with Gasteiger partial charge in [-0.2, -0.15) is 0 Å². The summed E-state index contributed by atoms with van der Waals surface area (Å²) in [5, 5.41) is 0. The molecule has 0 aromatic carbocycles. The number of imidazole rings is 1. The molecule has 0 saturated heterocycles. The molecule has 0 spiro atoms. The first kappa shape index (κ1) is 7.21. The summed E-state index contributed by atoms with van der Waals surface area (Å²) >= 11 is 0. The topological polar surface area (TPSA) is 53.4 Å². The van der Waals surface area contributed by atoms with Crippen LogP contribution < -0.4 is 0 Å². The van der Waals surface area contributed by atoms with Crippen molar-refractivity contribution in [3.8, 4) is 0 Å². The average Bonchev–Trinajstić information content (AvgIpc) is 2.59. The van der Waals surface area contributed by atoms with E-state index < -0.39 is 5.66 Å². The predicted octanol–water partition coefficient (Wildman–Crippen LogP) is 1.05. The van der Waals surface area contributed by atoms with Crippen LogP contribution in [-0.2, 0) is 5.66 Å². The highest BCUT2D eigenvalue weighted by Crippen LogP contribution is 2.26. The van der Waals surface area contributed by atoms with Crippen LogP contribution >= 0.6 is 0 Å². The van der Waals surface area contributed by atoms with Gasteiger partial charge in [-0.1, -0.05) is 0 Å². The van der Waals surface area contributed by atoms with Crippen molar-refractivity contribution in [3.63, 3.8) is 0 Å². The molecule has 4 nitrogen and oxygen atoms in total. The van der Waals surface area contributed by atoms with E-state index in [1.165, 1.54) is 0 Å². The number of aryl methyl sites for hydroxylation is 1. The first-order chi connectivity index (χ1) is 5.71. The number of hydrogen-bond acceptors (Lipinski definition) is 3. The van der Waals surface area contributed by atoms with Gasteiger partial charge in [-0.15, -0.1) is 0 Å². The van der Waals surface area contributed by atoms with E-state index in [-0.39, 0.29) is 0 Å². The summed E-state index contributed by atoms with van der Waals surface area (Å²) in [5.74, 6) is 0.892. The highest BCUT2D eigenvalue weighted by Gasteiger charge is 2.27. The van der Waals surface area contributed by atoms with Crippen molar-refractivity contribution >= 4 is 12.4 Å². The lowest BCUT2D eigenvalue weighted by Crippen LogP contribution is -2.13. The Balaban J connectivity index is 2.42. The number of aromatic amines is 1. The fourth-order valence-electron chi connectivity index (χ4n) is 1.19. The lowest BCUT2D eigenvalue weighted by atomic mass is 10.2. The largest absolute Gasteiger partial charge is 0.343 e. The monoisotopic (exact) mass is 162 g/mol. The molecule has 0 amide bonds. The maximum Gasteiger partial charge on any atom is 0.188 e. The molecule has 0 atom stereocenters. The summed E-state index contributed by atoms with van der Waals surface area (Å²) in [6.45, 7) is 3.86. The van der Waals surface area contributed by atoms with Crippen molar-refractivity contribution in [2.45, 2.75) is 19.5 Å². The highest BCUT2D eigenvalue weighted by atomic mass is 15.1. The molecule has 1 N–H and O–H groups in total. The zero-order valence-corrected chi connectivity index (χ0v) is 7.07. The molecule has 1 aliphatic rings. The summed E-state index contributed by atoms with van der Waals surface area (Å²) in [6, 6.07) is 0. The first-order valence-electron chi connectivity index (χ1n) is 3.82. The average molecular weight is 162 g/mol. The van der Waals surface area contributed by atoms with Crippen LogP contribution in [0.4, 0.5) is 0 Å². The Morgan fingerprint density at radius 3 is 2.50 bits per heavy atom. The molecule has 0 unspecified atom stereocenters.